The third-order valence-corrected chi connectivity index (χ3v) is 2.53. The molecule has 0 N–H and O–H groups in total. The summed E-state index contributed by atoms with van der Waals surface area (Å²) in [5, 5.41) is 0. The van der Waals surface area contributed by atoms with Gasteiger partial charge < -0.3 is 9.47 Å². The van der Waals surface area contributed by atoms with Crippen LogP contribution in [0.15, 0.2) is 18.2 Å². The van der Waals surface area contributed by atoms with Crippen molar-refractivity contribution in [2.75, 3.05) is 20.3 Å². The van der Waals surface area contributed by atoms with Crippen LogP contribution in [0.3, 0.4) is 0 Å². The Bertz CT molecular complexity index is 461. The maximum atomic E-state index is 11.6. The van der Waals surface area contributed by atoms with Gasteiger partial charge in [-0.1, -0.05) is 6.07 Å². The number of fused-ring (bicyclic) bond motifs is 1. The molecule has 1 aromatic rings. The first-order valence-electron chi connectivity index (χ1n) is 5.56. The summed E-state index contributed by atoms with van der Waals surface area (Å²) in [4.78, 5) is 11.6. The van der Waals surface area contributed by atoms with Crippen molar-refractivity contribution in [2.45, 2.75) is 12.8 Å². The first-order valence-corrected chi connectivity index (χ1v) is 8.37. The zero-order chi connectivity index (χ0) is 14.3. The van der Waals surface area contributed by atoms with E-state index in [2.05, 4.69) is 21.4 Å². The third-order valence-electron chi connectivity index (χ3n) is 2.53. The number of ether oxygens (including phenoxy) is 2. The van der Waals surface area contributed by atoms with Crippen molar-refractivity contribution < 1.29 is 18.5 Å². The molecule has 106 valence electrons. The molecule has 4 nitrogen and oxygen atoms in total. The largest absolute Gasteiger partial charge is 0.492 e. The number of hydrogen-bond acceptors (Lipinski definition) is 4. The highest BCUT2D eigenvalue weighted by Crippen LogP contribution is 2.25. The van der Waals surface area contributed by atoms with Crippen LogP contribution in [-0.4, -0.2) is 30.3 Å². The summed E-state index contributed by atoms with van der Waals surface area (Å²) in [6, 6.07) is 5.77. The van der Waals surface area contributed by atoms with E-state index in [9.17, 15) is 4.79 Å². The summed E-state index contributed by atoms with van der Waals surface area (Å²) in [5.41, 5.74) is 1.84. The second-order valence-corrected chi connectivity index (χ2v) is 6.30. The van der Waals surface area contributed by atoms with Gasteiger partial charge in [-0.25, -0.2) is 4.21 Å². The summed E-state index contributed by atoms with van der Waals surface area (Å²) in [6.45, 7) is 1.18. The lowest BCUT2D eigenvalue weighted by Crippen LogP contribution is -2.15. The fourth-order valence-corrected chi connectivity index (χ4v) is 1.68. The number of ketones is 1. The molecule has 1 aromatic carbocycles. The highest BCUT2D eigenvalue weighted by Gasteiger charge is 2.18. The van der Waals surface area contributed by atoms with Crippen LogP contribution in [0.25, 0.3) is 0 Å². The second kappa shape index (κ2) is 8.53. The van der Waals surface area contributed by atoms with Gasteiger partial charge >= 0.3 is 0 Å². The molecule has 0 saturated carbocycles. The molecule has 0 atom stereocenters. The van der Waals surface area contributed by atoms with E-state index in [-0.39, 0.29) is 5.78 Å². The highest BCUT2D eigenvalue weighted by molar-refractivity contribution is 8.26. The van der Waals surface area contributed by atoms with Crippen LogP contribution >= 0.6 is 21.4 Å². The van der Waals surface area contributed by atoms with E-state index >= 15 is 0 Å². The van der Waals surface area contributed by atoms with Crippen molar-refractivity contribution >= 4 is 36.4 Å². The lowest BCUT2D eigenvalue weighted by Gasteiger charge is -2.16. The van der Waals surface area contributed by atoms with Crippen molar-refractivity contribution in [2.24, 2.45) is 0 Å². The zero-order valence-corrected chi connectivity index (χ0v) is 12.7. The number of methoxy groups -OCH3 is 1. The maximum absolute atomic E-state index is 11.6. The van der Waals surface area contributed by atoms with Gasteiger partial charge in [-0.3, -0.25) is 4.79 Å². The summed E-state index contributed by atoms with van der Waals surface area (Å²) < 4.78 is 19.5. The minimum atomic E-state index is -1.67. The number of halogens is 2. The van der Waals surface area contributed by atoms with E-state index in [0.717, 1.165) is 17.5 Å². The van der Waals surface area contributed by atoms with Crippen molar-refractivity contribution in [3.8, 4) is 5.75 Å². The van der Waals surface area contributed by atoms with E-state index in [1.54, 1.807) is 7.11 Å². The van der Waals surface area contributed by atoms with E-state index in [1.165, 1.54) is 0 Å². The lowest BCUT2D eigenvalue weighted by molar-refractivity contribution is 0.0933. The quantitative estimate of drug-likeness (QED) is 0.802. The molecule has 0 aromatic heterocycles. The minimum Gasteiger partial charge on any atom is -0.492 e. The van der Waals surface area contributed by atoms with Crippen LogP contribution in [0, 0.1) is 0 Å². The van der Waals surface area contributed by atoms with Crippen LogP contribution in [-0.2, 0) is 20.4 Å². The Kier molecular flexibility index (Phi) is 7.38. The topological polar surface area (TPSA) is 52.6 Å². The van der Waals surface area contributed by atoms with E-state index in [4.69, 9.17) is 13.7 Å². The maximum Gasteiger partial charge on any atom is 0.211 e. The van der Waals surface area contributed by atoms with Gasteiger partial charge in [-0.2, -0.15) is 0 Å². The average Bonchev–Trinajstić information content (AvgIpc) is 2.36. The molecule has 0 radical (unpaired) electrons. The van der Waals surface area contributed by atoms with Gasteiger partial charge in [0.25, 0.3) is 0 Å². The van der Waals surface area contributed by atoms with Crippen molar-refractivity contribution in [3.63, 3.8) is 0 Å². The average molecular weight is 325 g/mol. The number of rotatable bonds is 3. The number of benzene rings is 1. The Balaban J connectivity index is 0.000000399. The standard InChI is InChI=1S/C12H14O3.Cl2OS/c1-14-6-4-9-2-3-12-10(8-9)11(13)5-7-15-12;1-4(2)3/h2-3,8H,4-7H2,1H3;. The van der Waals surface area contributed by atoms with E-state index < -0.39 is 9.23 Å². The van der Waals surface area contributed by atoms with Gasteiger partial charge in [0, 0.05) is 34.9 Å². The van der Waals surface area contributed by atoms with Gasteiger partial charge in [-0.15, -0.1) is 0 Å². The van der Waals surface area contributed by atoms with Crippen molar-refractivity contribution in [1.29, 1.82) is 0 Å². The SMILES string of the molecule is COCCc1ccc2c(c1)C(=O)CCO2.O=S(Cl)Cl. The highest BCUT2D eigenvalue weighted by atomic mass is 36.0. The predicted octanol–water partition coefficient (Wildman–Crippen LogP) is 2.88. The molecule has 0 spiro atoms. The van der Waals surface area contributed by atoms with E-state index in [1.807, 2.05) is 18.2 Å². The molecule has 1 aliphatic heterocycles. The molecule has 1 aliphatic rings. The Labute approximate surface area is 123 Å². The predicted molar refractivity (Wildman–Crippen MR) is 76.3 cm³/mol. The molecule has 0 aliphatic carbocycles. The van der Waals surface area contributed by atoms with Crippen LogP contribution in [0.4, 0.5) is 0 Å². The van der Waals surface area contributed by atoms with Gasteiger partial charge in [0.05, 0.1) is 18.8 Å². The molecular weight excluding hydrogens is 311 g/mol. The van der Waals surface area contributed by atoms with Crippen molar-refractivity contribution in [3.05, 3.63) is 29.3 Å². The Morgan fingerprint density at radius 2 is 2.11 bits per heavy atom. The third kappa shape index (κ3) is 5.91. The van der Waals surface area contributed by atoms with E-state index in [0.29, 0.717) is 25.4 Å². The molecule has 19 heavy (non-hydrogen) atoms. The van der Waals surface area contributed by atoms with Gasteiger partial charge in [0.15, 0.2) is 5.78 Å². The minimum absolute atomic E-state index is 0.176. The van der Waals surface area contributed by atoms with Gasteiger partial charge in [0.1, 0.15) is 5.75 Å². The smallest absolute Gasteiger partial charge is 0.211 e. The Morgan fingerprint density at radius 1 is 1.42 bits per heavy atom. The summed E-state index contributed by atoms with van der Waals surface area (Å²) in [7, 11) is 9.03. The zero-order valence-electron chi connectivity index (χ0n) is 10.4. The Hall–Kier alpha value is -0.620. The Morgan fingerprint density at radius 3 is 2.74 bits per heavy atom. The molecule has 0 unspecified atom stereocenters. The summed E-state index contributed by atoms with van der Waals surface area (Å²) in [6.07, 6.45) is 1.32. The fraction of sp³-hybridized carbons (Fsp3) is 0.417. The van der Waals surface area contributed by atoms with Crippen LogP contribution in [0.5, 0.6) is 5.75 Å². The van der Waals surface area contributed by atoms with Gasteiger partial charge in [-0.05, 0) is 24.1 Å². The number of hydrogen-bond donors (Lipinski definition) is 0. The van der Waals surface area contributed by atoms with Gasteiger partial charge in [0.2, 0.25) is 9.23 Å². The molecular formula is C12H14Cl2O4S. The molecule has 0 amide bonds. The lowest BCUT2D eigenvalue weighted by atomic mass is 10.0. The van der Waals surface area contributed by atoms with Crippen LogP contribution in [0.1, 0.15) is 22.3 Å². The number of Topliss-reactive ketones (excluding diaryl/α,β-unsaturated/α-hetero) is 1. The molecule has 2 rings (SSSR count). The van der Waals surface area contributed by atoms with Crippen LogP contribution < -0.4 is 4.74 Å². The second-order valence-electron chi connectivity index (χ2n) is 3.78. The van der Waals surface area contributed by atoms with Crippen LogP contribution in [0.2, 0.25) is 0 Å². The monoisotopic (exact) mass is 324 g/mol. The fourth-order valence-electron chi connectivity index (χ4n) is 1.68. The first kappa shape index (κ1) is 16.4. The normalized spacial score (nSPS) is 13.4. The number of carbonyl (C=O) groups excluding carboxylic acids is 1. The van der Waals surface area contributed by atoms with Crippen molar-refractivity contribution in [1.82, 2.24) is 0 Å². The summed E-state index contributed by atoms with van der Waals surface area (Å²) in [5.74, 6) is 0.892. The molecule has 0 bridgehead atoms. The molecule has 0 saturated heterocycles. The number of carbonyl (C=O) groups is 1. The summed E-state index contributed by atoms with van der Waals surface area (Å²) >= 11 is 0. The molecule has 1 heterocycles. The first-order chi connectivity index (χ1) is 9.04. The molecule has 7 heteroatoms. The molecule has 0 fully saturated rings.